The summed E-state index contributed by atoms with van der Waals surface area (Å²) in [6.07, 6.45) is 0. The SMILES string of the molecule is c1ccc2cc3cc(N(c4ccc5c(c4)oc4ccccc45)c4ccc5c(c4)oc4nc(N(c6ccc7cc8ccccc8cc7c6)c6ccc7c(c6)oc6ccccc67)ccc45)ccc3cc2c1. The first kappa shape index (κ1) is 37.8. The summed E-state index contributed by atoms with van der Waals surface area (Å²) in [6, 6.07) is 79.4. The first-order valence-electron chi connectivity index (χ1n) is 23.2. The van der Waals surface area contributed by atoms with Crippen LogP contribution in [0.1, 0.15) is 0 Å². The van der Waals surface area contributed by atoms with Gasteiger partial charge < -0.3 is 18.2 Å². The fraction of sp³-hybridized carbons (Fsp3) is 0. The smallest absolute Gasteiger partial charge is 0.229 e. The summed E-state index contributed by atoms with van der Waals surface area (Å²) >= 11 is 0. The van der Waals surface area contributed by atoms with Crippen LogP contribution >= 0.6 is 0 Å². The van der Waals surface area contributed by atoms with Gasteiger partial charge in [-0.2, -0.15) is 4.98 Å². The highest BCUT2D eigenvalue weighted by Gasteiger charge is 2.22. The monoisotopic (exact) mass is 883 g/mol. The molecular formula is C63H37N3O3. The van der Waals surface area contributed by atoms with Crippen LogP contribution in [0.4, 0.5) is 34.3 Å². The zero-order valence-corrected chi connectivity index (χ0v) is 36.9. The van der Waals surface area contributed by atoms with Gasteiger partial charge in [0.1, 0.15) is 33.7 Å². The molecule has 4 heterocycles. The predicted molar refractivity (Wildman–Crippen MR) is 285 cm³/mol. The number of hydrogen-bond donors (Lipinski definition) is 0. The molecule has 69 heavy (non-hydrogen) atoms. The summed E-state index contributed by atoms with van der Waals surface area (Å²) in [4.78, 5) is 9.80. The average molecular weight is 884 g/mol. The van der Waals surface area contributed by atoms with E-state index in [1.807, 2.05) is 24.3 Å². The molecule has 15 rings (SSSR count). The summed E-state index contributed by atoms with van der Waals surface area (Å²) in [5, 5.41) is 15.7. The minimum atomic E-state index is 0.550. The number of benzene rings is 11. The predicted octanol–water partition coefficient (Wildman–Crippen LogP) is 18.3. The van der Waals surface area contributed by atoms with Crippen LogP contribution in [0.5, 0.6) is 0 Å². The van der Waals surface area contributed by atoms with E-state index in [1.54, 1.807) is 0 Å². The molecule has 0 N–H and O–H groups in total. The lowest BCUT2D eigenvalue weighted by Gasteiger charge is -2.26. The number of fused-ring (bicyclic) bond motifs is 13. The maximum absolute atomic E-state index is 6.83. The van der Waals surface area contributed by atoms with Gasteiger partial charge in [0, 0.05) is 73.3 Å². The van der Waals surface area contributed by atoms with Gasteiger partial charge in [-0.15, -0.1) is 0 Å². The lowest BCUT2D eigenvalue weighted by Crippen LogP contribution is -2.11. The van der Waals surface area contributed by atoms with E-state index in [9.17, 15) is 0 Å². The average Bonchev–Trinajstić information content (AvgIpc) is 4.08. The Balaban J connectivity index is 0.887. The molecule has 0 amide bonds. The van der Waals surface area contributed by atoms with Crippen molar-refractivity contribution >= 4 is 143 Å². The number of pyridine rings is 1. The Hall–Kier alpha value is -9.39. The van der Waals surface area contributed by atoms with Gasteiger partial charge in [0.15, 0.2) is 0 Å². The Morgan fingerprint density at radius 2 is 0.609 bits per heavy atom. The summed E-state index contributed by atoms with van der Waals surface area (Å²) in [5.41, 5.74) is 9.49. The third-order valence-corrected chi connectivity index (χ3v) is 13.9. The van der Waals surface area contributed by atoms with E-state index in [0.29, 0.717) is 5.71 Å². The first-order valence-corrected chi connectivity index (χ1v) is 23.2. The fourth-order valence-electron chi connectivity index (χ4n) is 10.6. The number of anilines is 6. The van der Waals surface area contributed by atoms with Crippen LogP contribution in [0.25, 0.3) is 109 Å². The molecular weight excluding hydrogens is 847 g/mol. The molecule has 0 spiro atoms. The number of para-hydroxylation sites is 2. The van der Waals surface area contributed by atoms with Crippen LogP contribution in [-0.2, 0) is 0 Å². The van der Waals surface area contributed by atoms with Crippen molar-refractivity contribution in [3.63, 3.8) is 0 Å². The topological polar surface area (TPSA) is 58.8 Å². The molecule has 15 aromatic rings. The Kier molecular flexibility index (Phi) is 7.97. The van der Waals surface area contributed by atoms with Crippen molar-refractivity contribution in [3.8, 4) is 0 Å². The number of rotatable bonds is 6. The van der Waals surface area contributed by atoms with Gasteiger partial charge in [-0.3, -0.25) is 4.90 Å². The molecule has 0 saturated heterocycles. The van der Waals surface area contributed by atoms with Gasteiger partial charge in [-0.1, -0.05) is 97.1 Å². The summed E-state index contributed by atoms with van der Waals surface area (Å²) in [7, 11) is 0. The minimum absolute atomic E-state index is 0.550. The number of aromatic nitrogens is 1. The van der Waals surface area contributed by atoms with Gasteiger partial charge in [-0.25, -0.2) is 0 Å². The van der Waals surface area contributed by atoms with Crippen LogP contribution in [-0.4, -0.2) is 4.98 Å². The van der Waals surface area contributed by atoms with Crippen molar-refractivity contribution in [3.05, 3.63) is 224 Å². The van der Waals surface area contributed by atoms with E-state index in [-0.39, 0.29) is 0 Å². The molecule has 0 atom stereocenters. The van der Waals surface area contributed by atoms with Gasteiger partial charge >= 0.3 is 0 Å². The number of nitrogens with zero attached hydrogens (tertiary/aromatic N) is 3. The van der Waals surface area contributed by atoms with Crippen molar-refractivity contribution in [1.82, 2.24) is 4.98 Å². The van der Waals surface area contributed by atoms with Gasteiger partial charge in [0.25, 0.3) is 0 Å². The van der Waals surface area contributed by atoms with Crippen LogP contribution < -0.4 is 9.80 Å². The molecule has 6 heteroatoms. The highest BCUT2D eigenvalue weighted by Crippen LogP contribution is 2.44. The molecule has 0 saturated carbocycles. The van der Waals surface area contributed by atoms with Gasteiger partial charge in [-0.05, 0) is 152 Å². The quantitative estimate of drug-likeness (QED) is 0.155. The number of furan rings is 3. The summed E-state index contributed by atoms with van der Waals surface area (Å²) in [6.45, 7) is 0. The Morgan fingerprint density at radius 3 is 1.14 bits per heavy atom. The third kappa shape index (κ3) is 6.02. The standard InChI is InChI=1S/C63H37N3O3/c1-3-11-40-31-44-33-46(19-17-42(44)29-38(40)9-1)65(48-21-24-53-51-13-5-7-15-57(51)67-59(53)35-48)49-22-26-55-56-27-28-62(64-63(56)69-61(55)36-49)66(50-23-25-54-52-14-6-8-16-58(52)68-60(54)37-50)47-20-18-43-30-39-10-2-4-12-41(39)32-45(43)34-47/h1-37H. The van der Waals surface area contributed by atoms with Gasteiger partial charge in [0.05, 0.1) is 5.69 Å². The van der Waals surface area contributed by atoms with Crippen LogP contribution in [0, 0.1) is 0 Å². The lowest BCUT2D eigenvalue weighted by atomic mass is 10.0. The molecule has 4 aromatic heterocycles. The second kappa shape index (κ2) is 14.6. The Bertz CT molecular complexity index is 4310. The first-order chi connectivity index (χ1) is 34.1. The third-order valence-electron chi connectivity index (χ3n) is 13.9. The largest absolute Gasteiger partial charge is 0.456 e. The Morgan fingerprint density at radius 1 is 0.246 bits per heavy atom. The maximum Gasteiger partial charge on any atom is 0.229 e. The molecule has 0 aliphatic carbocycles. The molecule has 0 unspecified atom stereocenters. The molecule has 0 bridgehead atoms. The molecule has 6 nitrogen and oxygen atoms in total. The Labute approximate surface area is 394 Å². The molecule has 0 aliphatic heterocycles. The summed E-state index contributed by atoms with van der Waals surface area (Å²) in [5.74, 6) is 0.724. The van der Waals surface area contributed by atoms with E-state index >= 15 is 0 Å². The van der Waals surface area contributed by atoms with E-state index in [0.717, 1.165) is 105 Å². The van der Waals surface area contributed by atoms with E-state index in [4.69, 9.17) is 18.2 Å². The van der Waals surface area contributed by atoms with E-state index in [2.05, 4.69) is 210 Å². The second-order valence-corrected chi connectivity index (χ2v) is 18.0. The highest BCUT2D eigenvalue weighted by atomic mass is 16.3. The molecule has 11 aromatic carbocycles. The van der Waals surface area contributed by atoms with Crippen molar-refractivity contribution in [1.29, 1.82) is 0 Å². The highest BCUT2D eigenvalue weighted by molar-refractivity contribution is 6.10. The lowest BCUT2D eigenvalue weighted by molar-refractivity contribution is 0.654. The normalized spacial score (nSPS) is 12.1. The fourth-order valence-corrected chi connectivity index (χ4v) is 10.6. The molecule has 0 radical (unpaired) electrons. The van der Waals surface area contributed by atoms with Crippen LogP contribution in [0.2, 0.25) is 0 Å². The molecule has 322 valence electrons. The second-order valence-electron chi connectivity index (χ2n) is 18.0. The van der Waals surface area contributed by atoms with E-state index < -0.39 is 0 Å². The zero-order valence-electron chi connectivity index (χ0n) is 36.9. The summed E-state index contributed by atoms with van der Waals surface area (Å²) < 4.78 is 19.7. The van der Waals surface area contributed by atoms with Crippen molar-refractivity contribution < 1.29 is 13.3 Å². The van der Waals surface area contributed by atoms with Crippen molar-refractivity contribution in [2.45, 2.75) is 0 Å². The van der Waals surface area contributed by atoms with Crippen LogP contribution in [0.15, 0.2) is 238 Å². The minimum Gasteiger partial charge on any atom is -0.456 e. The van der Waals surface area contributed by atoms with Crippen LogP contribution in [0.3, 0.4) is 0 Å². The zero-order chi connectivity index (χ0) is 45.2. The number of hydrogen-bond acceptors (Lipinski definition) is 6. The van der Waals surface area contributed by atoms with Crippen molar-refractivity contribution in [2.24, 2.45) is 0 Å². The van der Waals surface area contributed by atoms with Gasteiger partial charge in [0.2, 0.25) is 5.71 Å². The maximum atomic E-state index is 6.83. The molecule has 0 aliphatic rings. The van der Waals surface area contributed by atoms with Crippen molar-refractivity contribution in [2.75, 3.05) is 9.80 Å². The van der Waals surface area contributed by atoms with E-state index in [1.165, 1.54) is 32.3 Å². The molecule has 0 fully saturated rings.